The van der Waals surface area contributed by atoms with E-state index in [1.54, 1.807) is 0 Å². The van der Waals surface area contributed by atoms with Crippen molar-refractivity contribution >= 4 is 23.6 Å². The van der Waals surface area contributed by atoms with Crippen molar-refractivity contribution in [1.82, 2.24) is 10.6 Å². The molecule has 1 unspecified atom stereocenters. The number of halogens is 1. The monoisotopic (exact) mass is 232 g/mol. The van der Waals surface area contributed by atoms with Gasteiger partial charge >= 0.3 is 12.0 Å². The van der Waals surface area contributed by atoms with Crippen LogP contribution >= 0.6 is 11.6 Å². The normalized spacial score (nSPS) is 16.6. The molecule has 84 valence electrons. The number of carbonyl (C=O) groups excluding carboxylic acids is 1. The van der Waals surface area contributed by atoms with Gasteiger partial charge in [-0.2, -0.15) is 0 Å². The first-order valence-electron chi connectivity index (χ1n) is 4.61. The van der Waals surface area contributed by atoms with Crippen LogP contribution in [0.15, 0.2) is 11.6 Å². The summed E-state index contributed by atoms with van der Waals surface area (Å²) in [5.74, 6) is -0.940. The molecule has 0 aromatic rings. The third-order valence-electron chi connectivity index (χ3n) is 2.09. The number of carboxylic acid groups (broad SMARTS) is 1. The molecular formula is C9H13ClN2O3. The molecule has 0 saturated heterocycles. The molecule has 0 spiro atoms. The largest absolute Gasteiger partial charge is 0.480 e. The fourth-order valence-electron chi connectivity index (χ4n) is 1.18. The number of urea groups is 1. The lowest BCUT2D eigenvalue weighted by Gasteiger charge is -2.13. The fraction of sp³-hybridized carbons (Fsp3) is 0.556. The summed E-state index contributed by atoms with van der Waals surface area (Å²) in [6.45, 7) is 3.52. The van der Waals surface area contributed by atoms with Crippen LogP contribution in [0.5, 0.6) is 0 Å². The van der Waals surface area contributed by atoms with Crippen molar-refractivity contribution in [3.63, 3.8) is 0 Å². The Hall–Kier alpha value is -1.23. The van der Waals surface area contributed by atoms with Crippen molar-refractivity contribution < 1.29 is 14.7 Å². The predicted octanol–water partition coefficient (Wildman–Crippen LogP) is 0.901. The van der Waals surface area contributed by atoms with Crippen LogP contribution in [0.4, 0.5) is 4.79 Å². The molecule has 6 heteroatoms. The number of aliphatic carboxylic acids is 1. The maximum atomic E-state index is 11.2. The number of nitrogens with one attached hydrogen (secondary N) is 2. The van der Waals surface area contributed by atoms with Crippen LogP contribution in [-0.4, -0.2) is 29.7 Å². The molecule has 1 fully saturated rings. The lowest BCUT2D eigenvalue weighted by atomic mass is 10.2. The van der Waals surface area contributed by atoms with Gasteiger partial charge in [-0.3, -0.25) is 0 Å². The summed E-state index contributed by atoms with van der Waals surface area (Å²) in [7, 11) is 0. The van der Waals surface area contributed by atoms with Gasteiger partial charge in [-0.05, 0) is 18.8 Å². The second kappa shape index (κ2) is 5.02. The summed E-state index contributed by atoms with van der Waals surface area (Å²) in [5, 5.41) is 13.9. The molecule has 0 bridgehead atoms. The third-order valence-corrected chi connectivity index (χ3v) is 2.22. The highest BCUT2D eigenvalue weighted by Crippen LogP contribution is 2.32. The molecule has 1 atom stereocenters. The maximum absolute atomic E-state index is 11.2. The Labute approximate surface area is 92.5 Å². The molecule has 3 N–H and O–H groups in total. The minimum atomic E-state index is -1.00. The van der Waals surface area contributed by atoms with E-state index in [2.05, 4.69) is 17.2 Å². The van der Waals surface area contributed by atoms with Crippen molar-refractivity contribution in [1.29, 1.82) is 0 Å². The van der Waals surface area contributed by atoms with Gasteiger partial charge < -0.3 is 15.7 Å². The van der Waals surface area contributed by atoms with E-state index in [1.165, 1.54) is 0 Å². The van der Waals surface area contributed by atoms with E-state index in [0.29, 0.717) is 5.03 Å². The van der Waals surface area contributed by atoms with Gasteiger partial charge in [0.2, 0.25) is 0 Å². The highest BCUT2D eigenvalue weighted by molar-refractivity contribution is 6.29. The van der Waals surface area contributed by atoms with E-state index in [0.717, 1.165) is 12.8 Å². The quantitative estimate of drug-likeness (QED) is 0.659. The highest BCUT2D eigenvalue weighted by atomic mass is 35.5. The van der Waals surface area contributed by atoms with Crippen LogP contribution in [0.2, 0.25) is 0 Å². The number of amides is 2. The molecule has 1 aliphatic carbocycles. The van der Waals surface area contributed by atoms with Gasteiger partial charge in [0.15, 0.2) is 0 Å². The number of carbonyl (C=O) groups is 2. The van der Waals surface area contributed by atoms with Gasteiger partial charge in [0.1, 0.15) is 6.04 Å². The Kier molecular flexibility index (Phi) is 3.96. The number of rotatable bonds is 5. The number of hydrogen-bond donors (Lipinski definition) is 3. The van der Waals surface area contributed by atoms with Gasteiger partial charge in [-0.1, -0.05) is 18.2 Å². The maximum Gasteiger partial charge on any atom is 0.326 e. The van der Waals surface area contributed by atoms with E-state index < -0.39 is 18.0 Å². The molecule has 1 aliphatic rings. The van der Waals surface area contributed by atoms with Crippen LogP contribution in [0.25, 0.3) is 0 Å². The minimum absolute atomic E-state index is 0.0625. The fourth-order valence-corrected chi connectivity index (χ4v) is 1.25. The minimum Gasteiger partial charge on any atom is -0.480 e. The summed E-state index contributed by atoms with van der Waals surface area (Å²) in [5.41, 5.74) is 0. The van der Waals surface area contributed by atoms with Crippen molar-refractivity contribution in [2.75, 3.05) is 6.54 Å². The van der Waals surface area contributed by atoms with E-state index >= 15 is 0 Å². The SMILES string of the molecule is C=C(Cl)CNC(=O)NC(C(=O)O)C1CC1. The van der Waals surface area contributed by atoms with Gasteiger partial charge in [0, 0.05) is 5.03 Å². The van der Waals surface area contributed by atoms with Crippen LogP contribution in [0, 0.1) is 5.92 Å². The Bertz CT molecular complexity index is 289. The van der Waals surface area contributed by atoms with Crippen LogP contribution in [-0.2, 0) is 4.79 Å². The van der Waals surface area contributed by atoms with Gasteiger partial charge in [-0.15, -0.1) is 0 Å². The number of hydrogen-bond acceptors (Lipinski definition) is 2. The zero-order chi connectivity index (χ0) is 11.4. The first-order chi connectivity index (χ1) is 7.00. The van der Waals surface area contributed by atoms with Crippen molar-refractivity contribution in [2.24, 2.45) is 5.92 Å². The van der Waals surface area contributed by atoms with E-state index in [-0.39, 0.29) is 12.5 Å². The summed E-state index contributed by atoms with van der Waals surface area (Å²) in [4.78, 5) is 22.0. The highest BCUT2D eigenvalue weighted by Gasteiger charge is 2.37. The topological polar surface area (TPSA) is 78.4 Å². The summed E-state index contributed by atoms with van der Waals surface area (Å²) >= 11 is 5.44. The molecule has 5 nitrogen and oxygen atoms in total. The number of carboxylic acids is 1. The molecule has 1 rings (SSSR count). The predicted molar refractivity (Wildman–Crippen MR) is 55.7 cm³/mol. The average molecular weight is 233 g/mol. The first kappa shape index (κ1) is 11.8. The molecule has 0 radical (unpaired) electrons. The Morgan fingerprint density at radius 2 is 2.13 bits per heavy atom. The third kappa shape index (κ3) is 4.20. The van der Waals surface area contributed by atoms with Crippen molar-refractivity contribution in [3.8, 4) is 0 Å². The molecule has 2 amide bonds. The zero-order valence-electron chi connectivity index (χ0n) is 8.12. The average Bonchev–Trinajstić information content (AvgIpc) is 2.93. The first-order valence-corrected chi connectivity index (χ1v) is 4.99. The van der Waals surface area contributed by atoms with Crippen LogP contribution in [0.3, 0.4) is 0 Å². The Morgan fingerprint density at radius 3 is 2.53 bits per heavy atom. The lowest BCUT2D eigenvalue weighted by molar-refractivity contribution is -0.139. The second-order valence-corrected chi connectivity index (χ2v) is 4.03. The smallest absolute Gasteiger partial charge is 0.326 e. The van der Waals surface area contributed by atoms with Crippen LogP contribution in [0.1, 0.15) is 12.8 Å². The van der Waals surface area contributed by atoms with Crippen molar-refractivity contribution in [3.05, 3.63) is 11.6 Å². The lowest BCUT2D eigenvalue weighted by Crippen LogP contribution is -2.47. The zero-order valence-corrected chi connectivity index (χ0v) is 8.88. The molecular weight excluding hydrogens is 220 g/mol. The molecule has 0 aromatic carbocycles. The molecule has 1 saturated carbocycles. The molecule has 15 heavy (non-hydrogen) atoms. The van der Waals surface area contributed by atoms with E-state index in [4.69, 9.17) is 16.7 Å². The van der Waals surface area contributed by atoms with Gasteiger partial charge in [-0.25, -0.2) is 9.59 Å². The Balaban J connectivity index is 2.34. The molecule has 0 aliphatic heterocycles. The summed E-state index contributed by atoms with van der Waals surface area (Å²) < 4.78 is 0. The second-order valence-electron chi connectivity index (χ2n) is 3.50. The Morgan fingerprint density at radius 1 is 1.53 bits per heavy atom. The summed E-state index contributed by atoms with van der Waals surface area (Å²) in [6, 6.07) is -1.33. The molecule has 0 heterocycles. The summed E-state index contributed by atoms with van der Waals surface area (Å²) in [6.07, 6.45) is 1.69. The molecule has 0 aromatic heterocycles. The van der Waals surface area contributed by atoms with Crippen molar-refractivity contribution in [2.45, 2.75) is 18.9 Å². The van der Waals surface area contributed by atoms with Crippen LogP contribution < -0.4 is 10.6 Å². The van der Waals surface area contributed by atoms with E-state index in [9.17, 15) is 9.59 Å². The van der Waals surface area contributed by atoms with E-state index in [1.807, 2.05) is 0 Å². The van der Waals surface area contributed by atoms with Gasteiger partial charge in [0.25, 0.3) is 0 Å². The standard InChI is InChI=1S/C9H13ClN2O3/c1-5(10)4-11-9(15)12-7(8(13)14)6-2-3-6/h6-7H,1-4H2,(H,13,14)(H2,11,12,15). The van der Waals surface area contributed by atoms with Gasteiger partial charge in [0.05, 0.1) is 6.54 Å².